The number of pyridine rings is 1. The molecule has 0 unspecified atom stereocenters. The molecule has 0 fully saturated rings. The summed E-state index contributed by atoms with van der Waals surface area (Å²) in [6.07, 6.45) is 4.16. The zero-order valence-corrected chi connectivity index (χ0v) is 12.6. The molecule has 2 heterocycles. The lowest BCUT2D eigenvalue weighted by molar-refractivity contribution is 0.473. The second kappa shape index (κ2) is 5.25. The van der Waals surface area contributed by atoms with Gasteiger partial charge in [0, 0.05) is 22.8 Å². The molecule has 5 heteroatoms. The van der Waals surface area contributed by atoms with E-state index >= 15 is 0 Å². The Hall–Kier alpha value is -1.88. The molecule has 0 aliphatic rings. The first-order valence-corrected chi connectivity index (χ1v) is 7.28. The van der Waals surface area contributed by atoms with Gasteiger partial charge in [0.1, 0.15) is 11.6 Å². The molecule has 1 N–H and O–H groups in total. The van der Waals surface area contributed by atoms with Crippen LogP contribution in [-0.4, -0.2) is 19.6 Å². The van der Waals surface area contributed by atoms with Crippen molar-refractivity contribution in [2.75, 3.05) is 0 Å². The number of hydrogen-bond acceptors (Lipinski definition) is 3. The Kier molecular flexibility index (Phi) is 3.44. The Morgan fingerprint density at radius 1 is 1.25 bits per heavy atom. The van der Waals surface area contributed by atoms with Gasteiger partial charge in [0.2, 0.25) is 0 Å². The van der Waals surface area contributed by atoms with Crippen molar-refractivity contribution in [1.82, 2.24) is 14.5 Å². The summed E-state index contributed by atoms with van der Waals surface area (Å²) < 4.78 is 3.17. The molecule has 102 valence electrons. The van der Waals surface area contributed by atoms with Crippen LogP contribution in [0.15, 0.2) is 41.1 Å². The van der Waals surface area contributed by atoms with Crippen LogP contribution in [0.4, 0.5) is 0 Å². The molecule has 0 aliphatic heterocycles. The van der Waals surface area contributed by atoms with E-state index in [2.05, 4.69) is 43.5 Å². The Bertz CT molecular complexity index is 767. The molecule has 0 spiro atoms. The van der Waals surface area contributed by atoms with Crippen LogP contribution < -0.4 is 0 Å². The van der Waals surface area contributed by atoms with Crippen LogP contribution in [0, 0.1) is 0 Å². The molecule has 4 nitrogen and oxygen atoms in total. The van der Waals surface area contributed by atoms with E-state index in [-0.39, 0.29) is 5.75 Å². The number of nitrogens with zero attached hydrogens (tertiary/aromatic N) is 3. The first-order chi connectivity index (χ1) is 9.69. The Morgan fingerprint density at radius 2 is 2.10 bits per heavy atom. The van der Waals surface area contributed by atoms with Crippen molar-refractivity contribution in [2.24, 2.45) is 0 Å². The molecule has 0 saturated heterocycles. The fourth-order valence-corrected chi connectivity index (χ4v) is 2.67. The standard InChI is InChI=1S/C15H14BrN3O/c1-2-5-19-14-4-3-11(16)7-13(14)18-15(19)10-6-12(20)9-17-8-10/h3-4,6-9,20H,2,5H2,1H3. The predicted molar refractivity (Wildman–Crippen MR) is 82.6 cm³/mol. The smallest absolute Gasteiger partial charge is 0.142 e. The molecule has 2 aromatic heterocycles. The summed E-state index contributed by atoms with van der Waals surface area (Å²) in [4.78, 5) is 8.72. The quantitative estimate of drug-likeness (QED) is 0.789. The molecular formula is C15H14BrN3O. The fourth-order valence-electron chi connectivity index (χ4n) is 2.32. The predicted octanol–water partition coefficient (Wildman–Crippen LogP) is 3.98. The summed E-state index contributed by atoms with van der Waals surface area (Å²) in [5.41, 5.74) is 2.85. The molecular weight excluding hydrogens is 318 g/mol. The van der Waals surface area contributed by atoms with E-state index in [1.54, 1.807) is 12.3 Å². The highest BCUT2D eigenvalue weighted by atomic mass is 79.9. The van der Waals surface area contributed by atoms with Gasteiger partial charge in [-0.2, -0.15) is 0 Å². The molecule has 0 aliphatic carbocycles. The van der Waals surface area contributed by atoms with Crippen LogP contribution in [0.2, 0.25) is 0 Å². The maximum Gasteiger partial charge on any atom is 0.142 e. The maximum atomic E-state index is 9.61. The van der Waals surface area contributed by atoms with Gasteiger partial charge in [-0.25, -0.2) is 4.98 Å². The van der Waals surface area contributed by atoms with Gasteiger partial charge in [-0.3, -0.25) is 4.98 Å². The Morgan fingerprint density at radius 3 is 2.85 bits per heavy atom. The van der Waals surface area contributed by atoms with Gasteiger partial charge in [0.15, 0.2) is 0 Å². The minimum absolute atomic E-state index is 0.152. The third-order valence-electron chi connectivity index (χ3n) is 3.14. The van der Waals surface area contributed by atoms with E-state index in [1.807, 2.05) is 12.1 Å². The third kappa shape index (κ3) is 2.29. The van der Waals surface area contributed by atoms with Crippen molar-refractivity contribution in [3.8, 4) is 17.1 Å². The Labute approximate surface area is 125 Å². The van der Waals surface area contributed by atoms with E-state index < -0.39 is 0 Å². The van der Waals surface area contributed by atoms with Gasteiger partial charge in [-0.1, -0.05) is 22.9 Å². The number of hydrogen-bond donors (Lipinski definition) is 1. The van der Waals surface area contributed by atoms with Crippen molar-refractivity contribution >= 4 is 27.0 Å². The summed E-state index contributed by atoms with van der Waals surface area (Å²) in [6.45, 7) is 3.01. The number of halogens is 1. The number of fused-ring (bicyclic) bond motifs is 1. The highest BCUT2D eigenvalue weighted by Crippen LogP contribution is 2.28. The highest BCUT2D eigenvalue weighted by Gasteiger charge is 2.13. The molecule has 0 saturated carbocycles. The van der Waals surface area contributed by atoms with Crippen LogP contribution in [0.5, 0.6) is 5.75 Å². The SMILES string of the molecule is CCCn1c(-c2cncc(O)c2)nc2cc(Br)ccc21. The second-order valence-corrected chi connectivity index (χ2v) is 5.57. The van der Waals surface area contributed by atoms with Crippen molar-refractivity contribution in [1.29, 1.82) is 0 Å². The van der Waals surface area contributed by atoms with E-state index in [4.69, 9.17) is 0 Å². The first-order valence-electron chi connectivity index (χ1n) is 6.49. The van der Waals surface area contributed by atoms with Gasteiger partial charge in [-0.15, -0.1) is 0 Å². The van der Waals surface area contributed by atoms with E-state index in [9.17, 15) is 5.11 Å². The van der Waals surface area contributed by atoms with Crippen LogP contribution in [-0.2, 0) is 6.54 Å². The minimum atomic E-state index is 0.152. The summed E-state index contributed by atoms with van der Waals surface area (Å²) in [5, 5.41) is 9.61. The fraction of sp³-hybridized carbons (Fsp3) is 0.200. The van der Waals surface area contributed by atoms with Gasteiger partial charge in [0.05, 0.1) is 17.2 Å². The third-order valence-corrected chi connectivity index (χ3v) is 3.63. The molecule has 0 bridgehead atoms. The van der Waals surface area contributed by atoms with Crippen LogP contribution in [0.1, 0.15) is 13.3 Å². The van der Waals surface area contributed by atoms with Gasteiger partial charge in [-0.05, 0) is 30.7 Å². The van der Waals surface area contributed by atoms with Gasteiger partial charge in [0.25, 0.3) is 0 Å². The molecule has 0 radical (unpaired) electrons. The number of aromatic hydroxyl groups is 1. The largest absolute Gasteiger partial charge is 0.506 e. The summed E-state index contributed by atoms with van der Waals surface area (Å²) >= 11 is 3.47. The lowest BCUT2D eigenvalue weighted by Crippen LogP contribution is -1.99. The second-order valence-electron chi connectivity index (χ2n) is 4.65. The normalized spacial score (nSPS) is 11.1. The highest BCUT2D eigenvalue weighted by molar-refractivity contribution is 9.10. The Balaban J connectivity index is 2.25. The first kappa shape index (κ1) is 13.1. The minimum Gasteiger partial charge on any atom is -0.506 e. The molecule has 0 atom stereocenters. The molecule has 0 amide bonds. The molecule has 20 heavy (non-hydrogen) atoms. The van der Waals surface area contributed by atoms with Gasteiger partial charge >= 0.3 is 0 Å². The van der Waals surface area contributed by atoms with E-state index in [0.717, 1.165) is 39.9 Å². The number of aromatic nitrogens is 3. The number of imidazole rings is 1. The van der Waals surface area contributed by atoms with Crippen LogP contribution in [0.25, 0.3) is 22.4 Å². The number of benzene rings is 1. The zero-order valence-electron chi connectivity index (χ0n) is 11.0. The molecule has 1 aromatic carbocycles. The van der Waals surface area contributed by atoms with Crippen molar-refractivity contribution in [2.45, 2.75) is 19.9 Å². The number of aryl methyl sites for hydroxylation is 1. The molecule has 3 rings (SSSR count). The lowest BCUT2D eigenvalue weighted by Gasteiger charge is -2.07. The van der Waals surface area contributed by atoms with Gasteiger partial charge < -0.3 is 9.67 Å². The van der Waals surface area contributed by atoms with Crippen molar-refractivity contribution in [3.05, 3.63) is 41.1 Å². The van der Waals surface area contributed by atoms with Crippen LogP contribution in [0.3, 0.4) is 0 Å². The lowest BCUT2D eigenvalue weighted by atomic mass is 10.2. The topological polar surface area (TPSA) is 50.9 Å². The summed E-state index contributed by atoms with van der Waals surface area (Å²) in [7, 11) is 0. The molecule has 3 aromatic rings. The van der Waals surface area contributed by atoms with Crippen LogP contribution >= 0.6 is 15.9 Å². The van der Waals surface area contributed by atoms with Crippen molar-refractivity contribution < 1.29 is 5.11 Å². The average molecular weight is 332 g/mol. The summed E-state index contributed by atoms with van der Waals surface area (Å²) in [6, 6.07) is 7.76. The zero-order chi connectivity index (χ0) is 14.1. The van der Waals surface area contributed by atoms with Crippen molar-refractivity contribution in [3.63, 3.8) is 0 Å². The average Bonchev–Trinajstić information content (AvgIpc) is 2.77. The monoisotopic (exact) mass is 331 g/mol. The maximum absolute atomic E-state index is 9.61. The van der Waals surface area contributed by atoms with E-state index in [1.165, 1.54) is 6.20 Å². The summed E-state index contributed by atoms with van der Waals surface area (Å²) in [5.74, 6) is 0.988. The number of rotatable bonds is 3. The van der Waals surface area contributed by atoms with E-state index in [0.29, 0.717) is 0 Å².